The molecule has 2 rings (SSSR count). The first-order chi connectivity index (χ1) is 11.2. The monoisotopic (exact) mass is 316 g/mol. The molecule has 1 fully saturated rings. The maximum atomic E-state index is 12.8. The van der Waals surface area contributed by atoms with Crippen LogP contribution >= 0.6 is 0 Å². The predicted octanol–water partition coefficient (Wildman–Crippen LogP) is 4.47. The molecule has 23 heavy (non-hydrogen) atoms. The van der Waals surface area contributed by atoms with Crippen molar-refractivity contribution in [3.8, 4) is 0 Å². The van der Waals surface area contributed by atoms with Gasteiger partial charge in [0.05, 0.1) is 0 Å². The summed E-state index contributed by atoms with van der Waals surface area (Å²) in [5.41, 5.74) is 1.26. The highest BCUT2D eigenvalue weighted by Gasteiger charge is 2.28. The predicted molar refractivity (Wildman–Crippen MR) is 95.2 cm³/mol. The zero-order valence-corrected chi connectivity index (χ0v) is 14.8. The number of rotatable bonds is 8. The van der Waals surface area contributed by atoms with E-state index < -0.39 is 0 Å². The third kappa shape index (κ3) is 5.63. The van der Waals surface area contributed by atoms with Gasteiger partial charge >= 0.3 is 0 Å². The number of likely N-dealkylation sites (N-methyl/N-ethyl adjacent to an activating group) is 1. The van der Waals surface area contributed by atoms with Gasteiger partial charge in [-0.1, -0.05) is 26.2 Å². The highest BCUT2D eigenvalue weighted by Crippen LogP contribution is 2.32. The molecule has 0 bridgehead atoms. The van der Waals surface area contributed by atoms with Crippen LogP contribution in [0, 0.1) is 11.8 Å². The molecule has 0 spiro atoms. The second kappa shape index (κ2) is 9.69. The summed E-state index contributed by atoms with van der Waals surface area (Å²) < 4.78 is 0. The fourth-order valence-corrected chi connectivity index (χ4v) is 3.69. The molecule has 1 aliphatic carbocycles. The minimum atomic E-state index is 0.269. The number of aromatic nitrogens is 1. The molecule has 1 aromatic rings. The highest BCUT2D eigenvalue weighted by atomic mass is 16.2. The van der Waals surface area contributed by atoms with Crippen LogP contribution in [0.3, 0.4) is 0 Å². The van der Waals surface area contributed by atoms with Crippen molar-refractivity contribution in [3.63, 3.8) is 0 Å². The van der Waals surface area contributed by atoms with Crippen LogP contribution in [-0.4, -0.2) is 28.9 Å². The zero-order chi connectivity index (χ0) is 16.5. The smallest absolute Gasteiger partial charge is 0.225 e. The zero-order valence-electron chi connectivity index (χ0n) is 14.8. The summed E-state index contributed by atoms with van der Waals surface area (Å²) in [4.78, 5) is 18.9. The molecule has 0 aromatic carbocycles. The molecule has 1 aliphatic rings. The van der Waals surface area contributed by atoms with Crippen LogP contribution in [0.5, 0.6) is 0 Å². The van der Waals surface area contributed by atoms with E-state index in [1.54, 1.807) is 0 Å². The fourth-order valence-electron chi connectivity index (χ4n) is 3.69. The lowest BCUT2D eigenvalue weighted by Crippen LogP contribution is -2.38. The third-order valence-corrected chi connectivity index (χ3v) is 5.28. The Kier molecular flexibility index (Phi) is 7.57. The van der Waals surface area contributed by atoms with Crippen LogP contribution in [0.4, 0.5) is 0 Å². The average molecular weight is 316 g/mol. The number of carbonyl (C=O) groups is 1. The highest BCUT2D eigenvalue weighted by molar-refractivity contribution is 5.78. The number of carbonyl (C=O) groups excluding carboxylic acids is 1. The van der Waals surface area contributed by atoms with E-state index in [2.05, 4.69) is 23.7 Å². The molecule has 0 N–H and O–H groups in total. The van der Waals surface area contributed by atoms with Crippen LogP contribution in [0.2, 0.25) is 0 Å². The van der Waals surface area contributed by atoms with Crippen molar-refractivity contribution in [1.82, 2.24) is 9.88 Å². The Morgan fingerprint density at radius 1 is 1.17 bits per heavy atom. The molecule has 3 heteroatoms. The molecule has 0 radical (unpaired) electrons. The van der Waals surface area contributed by atoms with E-state index in [0.717, 1.165) is 38.3 Å². The van der Waals surface area contributed by atoms with Crippen molar-refractivity contribution in [2.45, 2.75) is 65.2 Å². The average Bonchev–Trinajstić information content (AvgIpc) is 2.61. The summed E-state index contributed by atoms with van der Waals surface area (Å²) >= 11 is 0. The number of hydrogen-bond acceptors (Lipinski definition) is 2. The Morgan fingerprint density at radius 3 is 2.48 bits per heavy atom. The van der Waals surface area contributed by atoms with Gasteiger partial charge in [-0.25, -0.2) is 0 Å². The maximum absolute atomic E-state index is 12.8. The molecule has 128 valence electrons. The minimum Gasteiger partial charge on any atom is -0.342 e. The van der Waals surface area contributed by atoms with Crippen LogP contribution in [0.25, 0.3) is 0 Å². The normalized spacial score (nSPS) is 21.1. The van der Waals surface area contributed by atoms with Crippen molar-refractivity contribution in [3.05, 3.63) is 30.1 Å². The molecule has 3 nitrogen and oxygen atoms in total. The number of nitrogens with zero attached hydrogens (tertiary/aromatic N) is 2. The molecule has 0 saturated heterocycles. The van der Waals surface area contributed by atoms with Gasteiger partial charge in [-0.15, -0.1) is 0 Å². The largest absolute Gasteiger partial charge is 0.342 e. The van der Waals surface area contributed by atoms with Crippen LogP contribution < -0.4 is 0 Å². The van der Waals surface area contributed by atoms with Crippen molar-refractivity contribution in [2.24, 2.45) is 11.8 Å². The second-order valence-corrected chi connectivity index (χ2v) is 6.88. The van der Waals surface area contributed by atoms with Gasteiger partial charge in [-0.3, -0.25) is 9.78 Å². The molecular weight excluding hydrogens is 284 g/mol. The van der Waals surface area contributed by atoms with Gasteiger partial charge < -0.3 is 4.90 Å². The lowest BCUT2D eigenvalue weighted by molar-refractivity contribution is -0.136. The molecule has 1 amide bonds. The molecule has 0 atom stereocenters. The standard InChI is InChI=1S/C20H32N2O/c1-3-5-6-17-7-9-19(10-8-17)20(23)22(4-2)16-13-18-11-14-21-15-12-18/h11-12,14-15,17,19H,3-10,13,16H2,1-2H3. The summed E-state index contributed by atoms with van der Waals surface area (Å²) in [5, 5.41) is 0. The van der Waals surface area contributed by atoms with Gasteiger partial charge in [0.25, 0.3) is 0 Å². The number of unbranched alkanes of at least 4 members (excludes halogenated alkanes) is 1. The lowest BCUT2D eigenvalue weighted by Gasteiger charge is -2.32. The molecular formula is C20H32N2O. The summed E-state index contributed by atoms with van der Waals surface area (Å²) in [6, 6.07) is 4.08. The van der Waals surface area contributed by atoms with E-state index in [1.165, 1.54) is 37.7 Å². The molecule has 1 aromatic heterocycles. The van der Waals surface area contributed by atoms with E-state index in [-0.39, 0.29) is 5.92 Å². The first-order valence-electron chi connectivity index (χ1n) is 9.42. The lowest BCUT2D eigenvalue weighted by atomic mass is 9.79. The van der Waals surface area contributed by atoms with Gasteiger partial charge in [0.2, 0.25) is 5.91 Å². The number of amides is 1. The Hall–Kier alpha value is -1.38. The number of pyridine rings is 1. The third-order valence-electron chi connectivity index (χ3n) is 5.28. The Bertz CT molecular complexity index is 452. The topological polar surface area (TPSA) is 33.2 Å². The van der Waals surface area contributed by atoms with Crippen molar-refractivity contribution in [1.29, 1.82) is 0 Å². The summed E-state index contributed by atoms with van der Waals surface area (Å²) in [6.45, 7) is 6.00. The van der Waals surface area contributed by atoms with Crippen molar-refractivity contribution < 1.29 is 4.79 Å². The fraction of sp³-hybridized carbons (Fsp3) is 0.700. The molecule has 0 aliphatic heterocycles. The quantitative estimate of drug-likeness (QED) is 0.709. The van der Waals surface area contributed by atoms with E-state index in [4.69, 9.17) is 0 Å². The second-order valence-electron chi connectivity index (χ2n) is 6.88. The Balaban J connectivity index is 1.78. The molecule has 1 saturated carbocycles. The van der Waals surface area contributed by atoms with Gasteiger partial charge in [0.1, 0.15) is 0 Å². The number of hydrogen-bond donors (Lipinski definition) is 0. The van der Waals surface area contributed by atoms with Gasteiger partial charge in [0, 0.05) is 31.4 Å². The van der Waals surface area contributed by atoms with E-state index in [9.17, 15) is 4.79 Å². The SMILES string of the molecule is CCCCC1CCC(C(=O)N(CC)CCc2ccncc2)CC1. The van der Waals surface area contributed by atoms with Gasteiger partial charge in [-0.05, 0) is 62.6 Å². The summed E-state index contributed by atoms with van der Waals surface area (Å²) in [6.07, 6.45) is 13.3. The van der Waals surface area contributed by atoms with Crippen molar-refractivity contribution in [2.75, 3.05) is 13.1 Å². The van der Waals surface area contributed by atoms with Crippen LogP contribution in [0.15, 0.2) is 24.5 Å². The first-order valence-corrected chi connectivity index (χ1v) is 9.42. The molecule has 1 heterocycles. The van der Waals surface area contributed by atoms with Gasteiger partial charge in [0.15, 0.2) is 0 Å². The Labute approximate surface area is 141 Å². The molecule has 0 unspecified atom stereocenters. The Morgan fingerprint density at radius 2 is 1.87 bits per heavy atom. The summed E-state index contributed by atoms with van der Waals surface area (Å²) in [5.74, 6) is 1.52. The van der Waals surface area contributed by atoms with Crippen LogP contribution in [-0.2, 0) is 11.2 Å². The van der Waals surface area contributed by atoms with E-state index in [0.29, 0.717) is 5.91 Å². The van der Waals surface area contributed by atoms with E-state index in [1.807, 2.05) is 24.5 Å². The summed E-state index contributed by atoms with van der Waals surface area (Å²) in [7, 11) is 0. The van der Waals surface area contributed by atoms with Gasteiger partial charge in [-0.2, -0.15) is 0 Å². The van der Waals surface area contributed by atoms with E-state index >= 15 is 0 Å². The first kappa shape index (κ1) is 18.0. The maximum Gasteiger partial charge on any atom is 0.225 e. The minimum absolute atomic E-state index is 0.269. The van der Waals surface area contributed by atoms with Crippen molar-refractivity contribution >= 4 is 5.91 Å². The van der Waals surface area contributed by atoms with Crippen LogP contribution in [0.1, 0.15) is 64.4 Å².